The van der Waals surface area contributed by atoms with Crippen molar-refractivity contribution < 1.29 is 9.90 Å². The molecule has 7 nitrogen and oxygen atoms in total. The molecule has 1 atom stereocenters. The van der Waals surface area contributed by atoms with Gasteiger partial charge in [-0.2, -0.15) is 16.1 Å². The zero-order valence-electron chi connectivity index (χ0n) is 11.9. The van der Waals surface area contributed by atoms with E-state index in [0.29, 0.717) is 12.4 Å². The highest BCUT2D eigenvalue weighted by Crippen LogP contribution is 2.16. The first-order valence-electron chi connectivity index (χ1n) is 6.87. The molecular weight excluding hydrogens is 290 g/mol. The second-order valence-electron chi connectivity index (χ2n) is 4.94. The highest BCUT2D eigenvalue weighted by Gasteiger charge is 2.09. The lowest BCUT2D eigenvalue weighted by Gasteiger charge is -2.08. The van der Waals surface area contributed by atoms with E-state index in [9.17, 15) is 4.79 Å². The van der Waals surface area contributed by atoms with E-state index >= 15 is 0 Å². The fourth-order valence-electron chi connectivity index (χ4n) is 1.77. The zero-order chi connectivity index (χ0) is 15.1. The van der Waals surface area contributed by atoms with Gasteiger partial charge in [0.2, 0.25) is 11.7 Å². The van der Waals surface area contributed by atoms with Gasteiger partial charge in [0.1, 0.15) is 6.54 Å². The highest BCUT2D eigenvalue weighted by atomic mass is 32.1. The van der Waals surface area contributed by atoms with Crippen molar-refractivity contribution in [3.8, 4) is 11.4 Å². The van der Waals surface area contributed by atoms with Crippen molar-refractivity contribution in [2.75, 3.05) is 13.2 Å². The van der Waals surface area contributed by atoms with Crippen molar-refractivity contribution in [1.29, 1.82) is 0 Å². The number of tetrazole rings is 1. The fourth-order valence-corrected chi connectivity index (χ4v) is 2.41. The molecule has 21 heavy (non-hydrogen) atoms. The number of nitrogens with one attached hydrogen (secondary N) is 1. The Kier molecular flexibility index (Phi) is 5.82. The van der Waals surface area contributed by atoms with Crippen LogP contribution in [0.3, 0.4) is 0 Å². The van der Waals surface area contributed by atoms with Gasteiger partial charge < -0.3 is 10.4 Å². The number of nitrogens with zero attached hydrogens (tertiary/aromatic N) is 4. The summed E-state index contributed by atoms with van der Waals surface area (Å²) in [6.07, 6.45) is 1.74. The van der Waals surface area contributed by atoms with Crippen LogP contribution in [0.15, 0.2) is 16.8 Å². The lowest BCUT2D eigenvalue weighted by atomic mass is 10.1. The van der Waals surface area contributed by atoms with Gasteiger partial charge in [-0.25, -0.2) is 0 Å². The van der Waals surface area contributed by atoms with Gasteiger partial charge in [0.05, 0.1) is 0 Å². The maximum absolute atomic E-state index is 11.7. The van der Waals surface area contributed by atoms with Crippen LogP contribution >= 0.6 is 11.3 Å². The molecule has 0 aliphatic rings. The number of hydrogen-bond acceptors (Lipinski definition) is 6. The fraction of sp³-hybridized carbons (Fsp3) is 0.538. The summed E-state index contributed by atoms with van der Waals surface area (Å²) >= 11 is 1.56. The van der Waals surface area contributed by atoms with Crippen LogP contribution in [0.25, 0.3) is 11.4 Å². The summed E-state index contributed by atoms with van der Waals surface area (Å²) < 4.78 is 0. The van der Waals surface area contributed by atoms with E-state index in [-0.39, 0.29) is 25.0 Å². The van der Waals surface area contributed by atoms with Crippen LogP contribution in [0.2, 0.25) is 0 Å². The average molecular weight is 309 g/mol. The molecule has 2 heterocycles. The van der Waals surface area contributed by atoms with Gasteiger partial charge in [-0.15, -0.1) is 10.2 Å². The number of amides is 1. The lowest BCUT2D eigenvalue weighted by Crippen LogP contribution is -2.29. The molecule has 0 radical (unpaired) electrons. The molecule has 0 saturated carbocycles. The number of aliphatic hydroxyl groups is 1. The Morgan fingerprint density at radius 2 is 2.43 bits per heavy atom. The van der Waals surface area contributed by atoms with Crippen molar-refractivity contribution in [2.45, 2.75) is 26.3 Å². The quantitative estimate of drug-likeness (QED) is 0.708. The smallest absolute Gasteiger partial charge is 0.243 e. The van der Waals surface area contributed by atoms with E-state index in [1.807, 2.05) is 23.8 Å². The van der Waals surface area contributed by atoms with Crippen molar-refractivity contribution in [3.05, 3.63) is 16.8 Å². The minimum Gasteiger partial charge on any atom is -0.396 e. The molecule has 2 aromatic rings. The number of rotatable bonds is 8. The first-order valence-corrected chi connectivity index (χ1v) is 7.81. The van der Waals surface area contributed by atoms with Crippen molar-refractivity contribution in [2.24, 2.45) is 5.92 Å². The highest BCUT2D eigenvalue weighted by molar-refractivity contribution is 7.08. The molecule has 0 aliphatic carbocycles. The molecule has 0 spiro atoms. The average Bonchev–Trinajstić information content (AvgIpc) is 3.13. The minimum atomic E-state index is -0.138. The standard InChI is InChI=1S/C13H19N5O2S/c1-10(8-19)3-2-5-14-12(20)7-18-16-13(15-17-18)11-4-6-21-9-11/h4,6,9-10,19H,2-3,5,7-8H2,1H3,(H,14,20). The summed E-state index contributed by atoms with van der Waals surface area (Å²) in [7, 11) is 0. The van der Waals surface area contributed by atoms with Crippen LogP contribution in [0.4, 0.5) is 0 Å². The molecular formula is C13H19N5O2S. The Morgan fingerprint density at radius 1 is 1.57 bits per heavy atom. The predicted molar refractivity (Wildman–Crippen MR) is 79.6 cm³/mol. The lowest BCUT2D eigenvalue weighted by molar-refractivity contribution is -0.122. The zero-order valence-corrected chi connectivity index (χ0v) is 12.7. The van der Waals surface area contributed by atoms with E-state index in [0.717, 1.165) is 18.4 Å². The molecule has 0 aromatic carbocycles. The SMILES string of the molecule is CC(CO)CCCNC(=O)Cn1nnc(-c2ccsc2)n1. The summed E-state index contributed by atoms with van der Waals surface area (Å²) in [5.41, 5.74) is 0.907. The van der Waals surface area contributed by atoms with Gasteiger partial charge in [-0.1, -0.05) is 6.92 Å². The van der Waals surface area contributed by atoms with Crippen LogP contribution in [-0.2, 0) is 11.3 Å². The van der Waals surface area contributed by atoms with Gasteiger partial charge in [0, 0.05) is 24.1 Å². The first-order chi connectivity index (χ1) is 10.2. The Hall–Kier alpha value is -1.80. The first kappa shape index (κ1) is 15.6. The Morgan fingerprint density at radius 3 is 3.14 bits per heavy atom. The second kappa shape index (κ2) is 7.84. The largest absolute Gasteiger partial charge is 0.396 e. The summed E-state index contributed by atoms with van der Waals surface area (Å²) in [6, 6.07) is 1.91. The Bertz CT molecular complexity index is 555. The third-order valence-electron chi connectivity index (χ3n) is 3.02. The third kappa shape index (κ3) is 4.91. The molecule has 2 rings (SSSR count). The number of carbonyl (C=O) groups is 1. The summed E-state index contributed by atoms with van der Waals surface area (Å²) in [5.74, 6) is 0.661. The second-order valence-corrected chi connectivity index (χ2v) is 5.72. The predicted octanol–water partition coefficient (Wildman–Crippen LogP) is 0.926. The molecule has 0 saturated heterocycles. The van der Waals surface area contributed by atoms with E-state index in [1.165, 1.54) is 4.80 Å². The Labute approximate surface area is 127 Å². The monoisotopic (exact) mass is 309 g/mol. The minimum absolute atomic E-state index is 0.0622. The van der Waals surface area contributed by atoms with Crippen molar-refractivity contribution in [1.82, 2.24) is 25.5 Å². The number of aromatic nitrogens is 4. The summed E-state index contributed by atoms with van der Waals surface area (Å²) in [4.78, 5) is 13.0. The van der Waals surface area contributed by atoms with Gasteiger partial charge in [0.15, 0.2) is 0 Å². The molecule has 114 valence electrons. The van der Waals surface area contributed by atoms with E-state index in [1.54, 1.807) is 11.3 Å². The molecule has 8 heteroatoms. The van der Waals surface area contributed by atoms with Gasteiger partial charge >= 0.3 is 0 Å². The van der Waals surface area contributed by atoms with E-state index in [2.05, 4.69) is 20.7 Å². The molecule has 1 amide bonds. The molecule has 0 bridgehead atoms. The third-order valence-corrected chi connectivity index (χ3v) is 3.71. The maximum Gasteiger partial charge on any atom is 0.243 e. The number of hydrogen-bond donors (Lipinski definition) is 2. The van der Waals surface area contributed by atoms with Crippen LogP contribution in [0.5, 0.6) is 0 Å². The molecule has 2 aromatic heterocycles. The van der Waals surface area contributed by atoms with Crippen LogP contribution < -0.4 is 5.32 Å². The van der Waals surface area contributed by atoms with E-state index in [4.69, 9.17) is 5.11 Å². The summed E-state index contributed by atoms with van der Waals surface area (Å²) in [6.45, 7) is 2.82. The summed E-state index contributed by atoms with van der Waals surface area (Å²) in [5, 5.41) is 27.5. The molecule has 1 unspecified atom stereocenters. The van der Waals surface area contributed by atoms with Crippen molar-refractivity contribution in [3.63, 3.8) is 0 Å². The van der Waals surface area contributed by atoms with Crippen LogP contribution in [0, 0.1) is 5.92 Å². The number of aliphatic hydroxyl groups excluding tert-OH is 1. The number of thiophene rings is 1. The normalized spacial score (nSPS) is 12.3. The molecule has 0 aliphatic heterocycles. The van der Waals surface area contributed by atoms with Crippen molar-refractivity contribution >= 4 is 17.2 Å². The van der Waals surface area contributed by atoms with Gasteiger partial charge in [0.25, 0.3) is 0 Å². The number of carbonyl (C=O) groups excluding carboxylic acids is 1. The van der Waals surface area contributed by atoms with Crippen LogP contribution in [-0.4, -0.2) is 44.4 Å². The molecule has 0 fully saturated rings. The molecule has 2 N–H and O–H groups in total. The maximum atomic E-state index is 11.7. The van der Waals surface area contributed by atoms with Gasteiger partial charge in [-0.05, 0) is 35.4 Å². The van der Waals surface area contributed by atoms with Gasteiger partial charge in [-0.3, -0.25) is 4.79 Å². The van der Waals surface area contributed by atoms with Crippen LogP contribution in [0.1, 0.15) is 19.8 Å². The van der Waals surface area contributed by atoms with E-state index < -0.39 is 0 Å². The topological polar surface area (TPSA) is 92.9 Å². The Balaban J connectivity index is 1.73.